The first-order valence-corrected chi connectivity index (χ1v) is 18.8. The summed E-state index contributed by atoms with van der Waals surface area (Å²) in [6.45, 7) is 12.1. The zero-order chi connectivity index (χ0) is 32.4. The van der Waals surface area contributed by atoms with Crippen LogP contribution in [0.25, 0.3) is 0 Å². The van der Waals surface area contributed by atoms with Crippen LogP contribution in [0, 0.1) is 27.7 Å². The molecule has 242 valence electrons. The van der Waals surface area contributed by atoms with Crippen LogP contribution in [-0.2, 0) is 23.6 Å². The van der Waals surface area contributed by atoms with Gasteiger partial charge < -0.3 is 9.80 Å². The van der Waals surface area contributed by atoms with Gasteiger partial charge in [-0.25, -0.2) is 0 Å². The number of carbonyl (C=O) groups excluding carboxylic acids is 1. The molecule has 0 bridgehead atoms. The SMILES string of the molecule is Cc1ccc(C2CCN(CCC(CN(C)C(=O)c3c(C)c(C)c(C)c4c3CCCC4)c3ccc(Cl)c(Cl)c3)CC2)c(S(C)=O)c1. The zero-order valence-corrected chi connectivity index (χ0v) is 30.1. The van der Waals surface area contributed by atoms with Crippen molar-refractivity contribution < 1.29 is 9.00 Å². The van der Waals surface area contributed by atoms with Gasteiger partial charge in [0.05, 0.1) is 20.8 Å². The molecule has 1 aliphatic heterocycles. The highest BCUT2D eigenvalue weighted by Gasteiger charge is 2.29. The average Bonchev–Trinajstić information content (AvgIpc) is 3.03. The predicted molar refractivity (Wildman–Crippen MR) is 190 cm³/mol. The molecule has 1 heterocycles. The minimum Gasteiger partial charge on any atom is -0.341 e. The number of carbonyl (C=O) groups is 1. The molecule has 45 heavy (non-hydrogen) atoms. The second-order valence-electron chi connectivity index (χ2n) is 13.4. The highest BCUT2D eigenvalue weighted by Crippen LogP contribution is 2.36. The van der Waals surface area contributed by atoms with Gasteiger partial charge in [0.1, 0.15) is 0 Å². The summed E-state index contributed by atoms with van der Waals surface area (Å²) in [6, 6.07) is 12.3. The molecule has 1 fully saturated rings. The number of halogens is 2. The molecule has 0 spiro atoms. The first-order chi connectivity index (χ1) is 21.5. The van der Waals surface area contributed by atoms with E-state index in [1.54, 1.807) is 6.26 Å². The predicted octanol–water partition coefficient (Wildman–Crippen LogP) is 8.97. The van der Waals surface area contributed by atoms with Crippen LogP contribution >= 0.6 is 23.2 Å². The fraction of sp³-hybridized carbons (Fsp3) is 0.500. The number of rotatable bonds is 9. The lowest BCUT2D eigenvalue weighted by molar-refractivity contribution is 0.0779. The first kappa shape index (κ1) is 34.2. The average molecular weight is 668 g/mol. The lowest BCUT2D eigenvalue weighted by atomic mass is 9.80. The van der Waals surface area contributed by atoms with Crippen LogP contribution < -0.4 is 0 Å². The Morgan fingerprint density at radius 1 is 0.933 bits per heavy atom. The van der Waals surface area contributed by atoms with Crippen molar-refractivity contribution in [2.45, 2.75) is 89.4 Å². The molecule has 2 aliphatic rings. The Morgan fingerprint density at radius 3 is 2.29 bits per heavy atom. The summed E-state index contributed by atoms with van der Waals surface area (Å²) in [4.78, 5) is 19.7. The summed E-state index contributed by atoms with van der Waals surface area (Å²) in [7, 11) is 0.967. The van der Waals surface area contributed by atoms with Crippen molar-refractivity contribution in [2.24, 2.45) is 0 Å². The standard InChI is InChI=1S/C38H48Cl2N2O2S/c1-24-11-13-32(36(21-24)45(6)44)28-15-18-42(19-16-28)20-17-30(29-12-14-34(39)35(40)22-29)23-41(5)38(43)37-27(4)25(2)26(3)31-9-7-8-10-33(31)37/h11-14,21-22,28,30H,7-10,15-20,23H2,1-6H3. The summed E-state index contributed by atoms with van der Waals surface area (Å²) < 4.78 is 12.5. The van der Waals surface area contributed by atoms with Gasteiger partial charge in [0.15, 0.2) is 0 Å². The van der Waals surface area contributed by atoms with Crippen molar-refractivity contribution in [1.29, 1.82) is 0 Å². The van der Waals surface area contributed by atoms with Gasteiger partial charge in [0.2, 0.25) is 0 Å². The number of benzene rings is 3. The van der Waals surface area contributed by atoms with E-state index in [1.807, 2.05) is 24.1 Å². The van der Waals surface area contributed by atoms with Gasteiger partial charge in [-0.15, -0.1) is 0 Å². The van der Waals surface area contributed by atoms with Gasteiger partial charge in [-0.3, -0.25) is 9.00 Å². The maximum absolute atomic E-state index is 14.2. The van der Waals surface area contributed by atoms with Crippen LogP contribution in [0.1, 0.15) is 98.8 Å². The van der Waals surface area contributed by atoms with Crippen molar-refractivity contribution in [2.75, 3.05) is 39.5 Å². The number of aryl methyl sites for hydroxylation is 1. The van der Waals surface area contributed by atoms with Gasteiger partial charge in [-0.2, -0.15) is 0 Å². The molecule has 0 radical (unpaired) electrons. The van der Waals surface area contributed by atoms with Gasteiger partial charge >= 0.3 is 0 Å². The number of fused-ring (bicyclic) bond motifs is 1. The number of hydrogen-bond acceptors (Lipinski definition) is 3. The summed E-state index contributed by atoms with van der Waals surface area (Å²) in [5.41, 5.74) is 10.9. The smallest absolute Gasteiger partial charge is 0.254 e. The Hall–Kier alpha value is -2.18. The molecule has 0 aromatic heterocycles. The van der Waals surface area contributed by atoms with Crippen LogP contribution in [0.4, 0.5) is 0 Å². The molecule has 0 N–H and O–H groups in total. The topological polar surface area (TPSA) is 40.6 Å². The minimum atomic E-state index is -0.991. The molecule has 2 atom stereocenters. The summed E-state index contributed by atoms with van der Waals surface area (Å²) in [5.74, 6) is 0.685. The van der Waals surface area contributed by atoms with E-state index < -0.39 is 10.8 Å². The summed E-state index contributed by atoms with van der Waals surface area (Å²) in [5, 5.41) is 1.10. The van der Waals surface area contributed by atoms with E-state index >= 15 is 0 Å². The first-order valence-electron chi connectivity index (χ1n) is 16.4. The van der Waals surface area contributed by atoms with E-state index in [9.17, 15) is 9.00 Å². The Morgan fingerprint density at radius 2 is 1.62 bits per heavy atom. The highest BCUT2D eigenvalue weighted by molar-refractivity contribution is 7.84. The van der Waals surface area contributed by atoms with Gasteiger partial charge in [0.25, 0.3) is 5.91 Å². The third-order valence-corrected chi connectivity index (χ3v) is 12.2. The van der Waals surface area contributed by atoms with Crippen molar-refractivity contribution in [3.05, 3.63) is 96.5 Å². The summed E-state index contributed by atoms with van der Waals surface area (Å²) in [6.07, 6.45) is 9.20. The number of likely N-dealkylation sites (tertiary alicyclic amines) is 1. The van der Waals surface area contributed by atoms with Crippen molar-refractivity contribution >= 4 is 39.9 Å². The largest absolute Gasteiger partial charge is 0.341 e. The van der Waals surface area contributed by atoms with Gasteiger partial charge in [0, 0.05) is 36.2 Å². The molecule has 3 aromatic rings. The number of likely N-dealkylation sites (N-methyl/N-ethyl adjacent to an activating group) is 1. The summed E-state index contributed by atoms with van der Waals surface area (Å²) >= 11 is 12.8. The Kier molecular flexibility index (Phi) is 11.2. The van der Waals surface area contributed by atoms with Crippen molar-refractivity contribution in [3.63, 3.8) is 0 Å². The lowest BCUT2D eigenvalue weighted by Crippen LogP contribution is -2.37. The normalized spacial score (nSPS) is 17.2. The fourth-order valence-electron chi connectivity index (χ4n) is 7.57. The van der Waals surface area contributed by atoms with Crippen LogP contribution in [-0.4, -0.2) is 59.4 Å². The van der Waals surface area contributed by atoms with Crippen LogP contribution in [0.15, 0.2) is 41.3 Å². The number of hydrogen-bond donors (Lipinski definition) is 0. The maximum atomic E-state index is 14.2. The van der Waals surface area contributed by atoms with E-state index in [-0.39, 0.29) is 11.8 Å². The second-order valence-corrected chi connectivity index (χ2v) is 15.5. The lowest BCUT2D eigenvalue weighted by Gasteiger charge is -2.34. The maximum Gasteiger partial charge on any atom is 0.254 e. The van der Waals surface area contributed by atoms with Crippen molar-refractivity contribution in [3.8, 4) is 0 Å². The molecule has 4 nitrogen and oxygen atoms in total. The minimum absolute atomic E-state index is 0.125. The molecular weight excluding hydrogens is 619 g/mol. The highest BCUT2D eigenvalue weighted by atomic mass is 35.5. The fourth-order valence-corrected chi connectivity index (χ4v) is 8.80. The molecule has 1 aliphatic carbocycles. The molecule has 0 saturated carbocycles. The van der Waals surface area contributed by atoms with Crippen LogP contribution in [0.2, 0.25) is 10.0 Å². The van der Waals surface area contributed by atoms with Gasteiger partial charge in [-0.05, 0) is 161 Å². The molecule has 2 unspecified atom stereocenters. The number of amides is 1. The van der Waals surface area contributed by atoms with Crippen molar-refractivity contribution in [1.82, 2.24) is 9.80 Å². The Balaban J connectivity index is 1.31. The van der Waals surface area contributed by atoms with E-state index in [1.165, 1.54) is 34.2 Å². The van der Waals surface area contributed by atoms with Crippen LogP contribution in [0.5, 0.6) is 0 Å². The molecule has 5 rings (SSSR count). The number of piperidine rings is 1. The Bertz CT molecular complexity index is 1600. The van der Waals surface area contributed by atoms with E-state index in [0.717, 1.165) is 85.3 Å². The van der Waals surface area contributed by atoms with Gasteiger partial charge in [-0.1, -0.05) is 41.4 Å². The second kappa shape index (κ2) is 14.7. The molecule has 7 heteroatoms. The quantitative estimate of drug-likeness (QED) is 0.229. The molecule has 1 saturated heterocycles. The van der Waals surface area contributed by atoms with E-state index in [0.29, 0.717) is 22.5 Å². The molecule has 3 aromatic carbocycles. The zero-order valence-electron chi connectivity index (χ0n) is 27.8. The third-order valence-electron chi connectivity index (χ3n) is 10.5. The Labute approximate surface area is 282 Å². The van der Waals surface area contributed by atoms with E-state index in [4.69, 9.17) is 23.2 Å². The third kappa shape index (κ3) is 7.53. The monoisotopic (exact) mass is 666 g/mol. The van der Waals surface area contributed by atoms with Crippen LogP contribution in [0.3, 0.4) is 0 Å². The number of nitrogens with zero attached hydrogens (tertiary/aromatic N) is 2. The molecular formula is C38H48Cl2N2O2S. The molecule has 1 amide bonds. The van der Waals surface area contributed by atoms with E-state index in [2.05, 4.69) is 56.9 Å².